The zero-order valence-electron chi connectivity index (χ0n) is 11.6. The molecule has 1 aliphatic carbocycles. The van der Waals surface area contributed by atoms with Crippen molar-refractivity contribution in [3.8, 4) is 5.75 Å². The molecule has 1 aliphatic rings. The Morgan fingerprint density at radius 3 is 2.58 bits per heavy atom. The van der Waals surface area contributed by atoms with Gasteiger partial charge in [0.15, 0.2) is 5.75 Å². The standard InChI is InChI=1S/C14H20N2O3/c1-9(2)19-13-6-4-5-12(14(13)16(17)18)15-10(3)11-7-8-11/h4-6,9-11,15H,7-8H2,1-3H3. The van der Waals surface area contributed by atoms with Crippen LogP contribution in [0.1, 0.15) is 33.6 Å². The summed E-state index contributed by atoms with van der Waals surface area (Å²) in [6.45, 7) is 5.78. The quantitative estimate of drug-likeness (QED) is 0.630. The lowest BCUT2D eigenvalue weighted by Crippen LogP contribution is -2.18. The molecule has 0 aromatic heterocycles. The summed E-state index contributed by atoms with van der Waals surface area (Å²) in [6, 6.07) is 5.43. The summed E-state index contributed by atoms with van der Waals surface area (Å²) < 4.78 is 5.52. The van der Waals surface area contributed by atoms with Gasteiger partial charge < -0.3 is 10.1 Å². The van der Waals surface area contributed by atoms with Gasteiger partial charge in [-0.25, -0.2) is 0 Å². The second-order valence-corrected chi connectivity index (χ2v) is 5.35. The first-order valence-corrected chi connectivity index (χ1v) is 6.69. The minimum atomic E-state index is -0.375. The lowest BCUT2D eigenvalue weighted by molar-refractivity contribution is -0.385. The molecule has 2 rings (SSSR count). The lowest BCUT2D eigenvalue weighted by Gasteiger charge is -2.16. The van der Waals surface area contributed by atoms with Gasteiger partial charge in [0.2, 0.25) is 0 Å². The molecule has 1 fully saturated rings. The van der Waals surface area contributed by atoms with E-state index in [0.29, 0.717) is 17.4 Å². The fourth-order valence-corrected chi connectivity index (χ4v) is 2.14. The van der Waals surface area contributed by atoms with Gasteiger partial charge in [-0.2, -0.15) is 0 Å². The summed E-state index contributed by atoms with van der Waals surface area (Å²) in [5, 5.41) is 14.5. The van der Waals surface area contributed by atoms with E-state index < -0.39 is 0 Å². The van der Waals surface area contributed by atoms with Gasteiger partial charge >= 0.3 is 5.69 Å². The van der Waals surface area contributed by atoms with Gasteiger partial charge in [0.25, 0.3) is 0 Å². The first-order chi connectivity index (χ1) is 8.99. The number of nitrogens with zero attached hydrogens (tertiary/aromatic N) is 1. The second kappa shape index (κ2) is 5.47. The number of hydrogen-bond donors (Lipinski definition) is 1. The number of ether oxygens (including phenoxy) is 1. The molecule has 0 spiro atoms. The monoisotopic (exact) mass is 264 g/mol. The van der Waals surface area contributed by atoms with Gasteiger partial charge in [-0.05, 0) is 51.7 Å². The van der Waals surface area contributed by atoms with Crippen LogP contribution in [0.5, 0.6) is 5.75 Å². The highest BCUT2D eigenvalue weighted by molar-refractivity contribution is 5.68. The third kappa shape index (κ3) is 3.36. The van der Waals surface area contributed by atoms with Crippen LogP contribution in [-0.4, -0.2) is 17.1 Å². The maximum Gasteiger partial charge on any atom is 0.333 e. The molecule has 5 heteroatoms. The summed E-state index contributed by atoms with van der Waals surface area (Å²) in [4.78, 5) is 10.9. The molecule has 1 aromatic carbocycles. The first kappa shape index (κ1) is 13.6. The van der Waals surface area contributed by atoms with Crippen LogP contribution < -0.4 is 10.1 Å². The molecular weight excluding hydrogens is 244 g/mol. The van der Waals surface area contributed by atoms with Crippen molar-refractivity contribution in [3.63, 3.8) is 0 Å². The fraction of sp³-hybridized carbons (Fsp3) is 0.571. The first-order valence-electron chi connectivity index (χ1n) is 6.69. The zero-order valence-corrected chi connectivity index (χ0v) is 11.6. The van der Waals surface area contributed by atoms with Crippen LogP contribution in [-0.2, 0) is 0 Å². The van der Waals surface area contributed by atoms with Crippen LogP contribution in [0.4, 0.5) is 11.4 Å². The highest BCUT2D eigenvalue weighted by Gasteiger charge is 2.30. The number of rotatable bonds is 6. The second-order valence-electron chi connectivity index (χ2n) is 5.35. The third-order valence-electron chi connectivity index (χ3n) is 3.26. The molecule has 1 unspecified atom stereocenters. The van der Waals surface area contributed by atoms with E-state index in [1.807, 2.05) is 13.8 Å². The Morgan fingerprint density at radius 2 is 2.05 bits per heavy atom. The van der Waals surface area contributed by atoms with E-state index in [0.717, 1.165) is 0 Å². The van der Waals surface area contributed by atoms with Gasteiger partial charge in [-0.1, -0.05) is 6.07 Å². The summed E-state index contributed by atoms with van der Waals surface area (Å²) in [7, 11) is 0. The van der Waals surface area contributed by atoms with E-state index in [2.05, 4.69) is 12.2 Å². The molecular formula is C14H20N2O3. The molecule has 1 atom stereocenters. The highest BCUT2D eigenvalue weighted by Crippen LogP contribution is 2.39. The lowest BCUT2D eigenvalue weighted by atomic mass is 10.2. The van der Waals surface area contributed by atoms with Crippen LogP contribution in [0.15, 0.2) is 18.2 Å². The molecule has 19 heavy (non-hydrogen) atoms. The molecule has 1 N–H and O–H groups in total. The smallest absolute Gasteiger partial charge is 0.333 e. The largest absolute Gasteiger partial charge is 0.484 e. The predicted octanol–water partition coefficient (Wildman–Crippen LogP) is 3.59. The topological polar surface area (TPSA) is 64.4 Å². The SMILES string of the molecule is CC(C)Oc1cccc(NC(C)C2CC2)c1[N+](=O)[O-]. The summed E-state index contributed by atoms with van der Waals surface area (Å²) in [5.74, 6) is 0.960. The van der Waals surface area contributed by atoms with Gasteiger partial charge in [-0.3, -0.25) is 10.1 Å². The average molecular weight is 264 g/mol. The Morgan fingerprint density at radius 1 is 1.37 bits per heavy atom. The summed E-state index contributed by atoms with van der Waals surface area (Å²) in [5.41, 5.74) is 0.575. The van der Waals surface area contributed by atoms with Crippen LogP contribution in [0.3, 0.4) is 0 Å². The molecule has 5 nitrogen and oxygen atoms in total. The van der Waals surface area contributed by atoms with Crippen LogP contribution in [0, 0.1) is 16.0 Å². The Bertz CT molecular complexity index is 470. The number of nitro groups is 1. The van der Waals surface area contributed by atoms with E-state index in [9.17, 15) is 10.1 Å². The van der Waals surface area contributed by atoms with E-state index in [4.69, 9.17) is 4.74 Å². The highest BCUT2D eigenvalue weighted by atomic mass is 16.6. The van der Waals surface area contributed by atoms with Crippen LogP contribution in [0.25, 0.3) is 0 Å². The average Bonchev–Trinajstić information content (AvgIpc) is 3.11. The molecule has 104 valence electrons. The normalized spacial score (nSPS) is 16.2. The van der Waals surface area contributed by atoms with Crippen molar-refractivity contribution in [3.05, 3.63) is 28.3 Å². The molecule has 1 saturated carbocycles. The van der Waals surface area contributed by atoms with Crippen molar-refractivity contribution in [2.45, 2.75) is 45.8 Å². The van der Waals surface area contributed by atoms with Gasteiger partial charge in [0.1, 0.15) is 5.69 Å². The van der Waals surface area contributed by atoms with Gasteiger partial charge in [0.05, 0.1) is 11.0 Å². The van der Waals surface area contributed by atoms with E-state index in [-0.39, 0.29) is 22.8 Å². The van der Waals surface area contributed by atoms with Crippen molar-refractivity contribution in [1.82, 2.24) is 0 Å². The van der Waals surface area contributed by atoms with E-state index in [1.165, 1.54) is 12.8 Å². The number of nitrogens with one attached hydrogen (secondary N) is 1. The molecule has 0 radical (unpaired) electrons. The predicted molar refractivity (Wildman–Crippen MR) is 74.7 cm³/mol. The summed E-state index contributed by atoms with van der Waals surface area (Å²) >= 11 is 0. The number of nitro benzene ring substituents is 1. The fourth-order valence-electron chi connectivity index (χ4n) is 2.14. The Kier molecular flexibility index (Phi) is 3.93. The van der Waals surface area contributed by atoms with Gasteiger partial charge in [0, 0.05) is 6.04 Å². The zero-order chi connectivity index (χ0) is 14.0. The summed E-state index contributed by atoms with van der Waals surface area (Å²) in [6.07, 6.45) is 2.31. The Balaban J connectivity index is 2.27. The van der Waals surface area contributed by atoms with Crippen molar-refractivity contribution in [1.29, 1.82) is 0 Å². The molecule has 0 aliphatic heterocycles. The number of benzene rings is 1. The molecule has 0 bridgehead atoms. The Hall–Kier alpha value is -1.78. The van der Waals surface area contributed by atoms with Crippen LogP contribution in [0.2, 0.25) is 0 Å². The number of hydrogen-bond acceptors (Lipinski definition) is 4. The molecule has 0 saturated heterocycles. The van der Waals surface area contributed by atoms with E-state index >= 15 is 0 Å². The van der Waals surface area contributed by atoms with Crippen molar-refractivity contribution < 1.29 is 9.66 Å². The van der Waals surface area contributed by atoms with E-state index in [1.54, 1.807) is 18.2 Å². The molecule has 0 heterocycles. The Labute approximate surface area is 113 Å². The maximum atomic E-state index is 11.3. The number of anilines is 1. The minimum Gasteiger partial charge on any atom is -0.484 e. The third-order valence-corrected chi connectivity index (χ3v) is 3.26. The maximum absolute atomic E-state index is 11.3. The minimum absolute atomic E-state index is 0.0312. The van der Waals surface area contributed by atoms with Crippen molar-refractivity contribution in [2.75, 3.05) is 5.32 Å². The number of para-hydroxylation sites is 1. The van der Waals surface area contributed by atoms with Crippen molar-refractivity contribution in [2.24, 2.45) is 5.92 Å². The molecule has 0 amide bonds. The van der Waals surface area contributed by atoms with Crippen LogP contribution >= 0.6 is 0 Å². The van der Waals surface area contributed by atoms with Gasteiger partial charge in [-0.15, -0.1) is 0 Å². The molecule has 1 aromatic rings. The van der Waals surface area contributed by atoms with Crippen molar-refractivity contribution >= 4 is 11.4 Å².